The number of furan rings is 1. The van der Waals surface area contributed by atoms with Gasteiger partial charge >= 0.3 is 0 Å². The summed E-state index contributed by atoms with van der Waals surface area (Å²) in [5.41, 5.74) is 1.06. The van der Waals surface area contributed by atoms with Gasteiger partial charge in [0.25, 0.3) is 0 Å². The van der Waals surface area contributed by atoms with E-state index in [1.165, 1.54) is 12.8 Å². The number of rotatable bonds is 5. The van der Waals surface area contributed by atoms with Gasteiger partial charge in [0.1, 0.15) is 0 Å². The van der Waals surface area contributed by atoms with Gasteiger partial charge in [0.05, 0.1) is 6.26 Å². The predicted octanol–water partition coefficient (Wildman–Crippen LogP) is 3.63. The first-order valence-corrected chi connectivity index (χ1v) is 5.48. The van der Waals surface area contributed by atoms with Gasteiger partial charge in [-0.2, -0.15) is 0 Å². The standard InChI is InChI=1S/C11H18ClNO/c1-4-5-8(2)10(13-3)9-6-7-14-11(9)12/h6-8,10,13H,4-5H2,1-3H3. The molecule has 0 fully saturated rings. The molecular formula is C11H18ClNO. The summed E-state index contributed by atoms with van der Waals surface area (Å²) in [5.74, 6) is 0.570. The van der Waals surface area contributed by atoms with E-state index in [1.54, 1.807) is 6.26 Å². The van der Waals surface area contributed by atoms with Crippen LogP contribution in [-0.2, 0) is 0 Å². The molecule has 3 heteroatoms. The fourth-order valence-electron chi connectivity index (χ4n) is 1.90. The second kappa shape index (κ2) is 5.42. The summed E-state index contributed by atoms with van der Waals surface area (Å²) >= 11 is 5.95. The molecule has 0 aliphatic rings. The molecule has 0 aromatic carbocycles. The first-order valence-electron chi connectivity index (χ1n) is 5.10. The van der Waals surface area contributed by atoms with Crippen LogP contribution in [0.25, 0.3) is 0 Å². The van der Waals surface area contributed by atoms with Crippen molar-refractivity contribution >= 4 is 11.6 Å². The molecule has 2 unspecified atom stereocenters. The van der Waals surface area contributed by atoms with Gasteiger partial charge in [-0.25, -0.2) is 0 Å². The number of halogens is 1. The fraction of sp³-hybridized carbons (Fsp3) is 0.636. The van der Waals surface area contributed by atoms with Gasteiger partial charge in [-0.3, -0.25) is 0 Å². The van der Waals surface area contributed by atoms with Gasteiger partial charge in [-0.15, -0.1) is 0 Å². The van der Waals surface area contributed by atoms with Crippen molar-refractivity contribution in [1.29, 1.82) is 0 Å². The molecular weight excluding hydrogens is 198 g/mol. The van der Waals surface area contributed by atoms with E-state index >= 15 is 0 Å². The second-order valence-corrected chi connectivity index (χ2v) is 4.03. The molecule has 1 rings (SSSR count). The quantitative estimate of drug-likeness (QED) is 0.812. The van der Waals surface area contributed by atoms with Crippen LogP contribution < -0.4 is 5.32 Å². The Hall–Kier alpha value is -0.470. The van der Waals surface area contributed by atoms with Gasteiger partial charge < -0.3 is 9.73 Å². The molecule has 0 radical (unpaired) electrons. The van der Waals surface area contributed by atoms with Crippen molar-refractivity contribution in [3.8, 4) is 0 Å². The van der Waals surface area contributed by atoms with Gasteiger partial charge in [0, 0.05) is 11.6 Å². The molecule has 14 heavy (non-hydrogen) atoms. The van der Waals surface area contributed by atoms with Crippen LogP contribution in [0.5, 0.6) is 0 Å². The van der Waals surface area contributed by atoms with E-state index in [9.17, 15) is 0 Å². The molecule has 0 bridgehead atoms. The molecule has 2 nitrogen and oxygen atoms in total. The maximum atomic E-state index is 5.95. The van der Waals surface area contributed by atoms with Gasteiger partial charge in [-0.05, 0) is 37.1 Å². The molecule has 80 valence electrons. The van der Waals surface area contributed by atoms with E-state index in [-0.39, 0.29) is 0 Å². The van der Waals surface area contributed by atoms with Crippen molar-refractivity contribution in [3.05, 3.63) is 23.1 Å². The Morgan fingerprint density at radius 2 is 2.29 bits per heavy atom. The van der Waals surface area contributed by atoms with Gasteiger partial charge in [0.2, 0.25) is 0 Å². The highest BCUT2D eigenvalue weighted by atomic mass is 35.5. The van der Waals surface area contributed by atoms with Crippen molar-refractivity contribution in [2.24, 2.45) is 5.92 Å². The highest BCUT2D eigenvalue weighted by Crippen LogP contribution is 2.30. The van der Waals surface area contributed by atoms with Crippen molar-refractivity contribution in [1.82, 2.24) is 5.32 Å². The Morgan fingerprint density at radius 1 is 1.57 bits per heavy atom. The van der Waals surface area contributed by atoms with Crippen LogP contribution in [-0.4, -0.2) is 7.05 Å². The number of nitrogens with one attached hydrogen (secondary N) is 1. The van der Waals surface area contributed by atoms with Crippen molar-refractivity contribution < 1.29 is 4.42 Å². The summed E-state index contributed by atoms with van der Waals surface area (Å²) in [4.78, 5) is 0. The summed E-state index contributed by atoms with van der Waals surface area (Å²) in [5, 5.41) is 3.79. The van der Waals surface area contributed by atoms with E-state index < -0.39 is 0 Å². The third-order valence-electron chi connectivity index (χ3n) is 2.61. The molecule has 0 saturated carbocycles. The number of hydrogen-bond donors (Lipinski definition) is 1. The van der Waals surface area contributed by atoms with Crippen molar-refractivity contribution in [3.63, 3.8) is 0 Å². The molecule has 0 spiro atoms. The molecule has 0 aliphatic heterocycles. The lowest BCUT2D eigenvalue weighted by Gasteiger charge is -2.22. The predicted molar refractivity (Wildman–Crippen MR) is 59.6 cm³/mol. The molecule has 2 atom stereocenters. The Morgan fingerprint density at radius 3 is 2.71 bits per heavy atom. The molecule has 1 aromatic rings. The van der Waals surface area contributed by atoms with Gasteiger partial charge in [0.15, 0.2) is 5.22 Å². The van der Waals surface area contributed by atoms with Gasteiger partial charge in [-0.1, -0.05) is 20.3 Å². The van der Waals surface area contributed by atoms with E-state index in [0.717, 1.165) is 5.56 Å². The monoisotopic (exact) mass is 215 g/mol. The summed E-state index contributed by atoms with van der Waals surface area (Å²) in [6, 6.07) is 2.23. The maximum absolute atomic E-state index is 5.95. The smallest absolute Gasteiger partial charge is 0.197 e. The second-order valence-electron chi connectivity index (χ2n) is 3.68. The van der Waals surface area contributed by atoms with E-state index in [2.05, 4.69) is 19.2 Å². The minimum Gasteiger partial charge on any atom is -0.453 e. The average Bonchev–Trinajstić information content (AvgIpc) is 2.54. The molecule has 1 heterocycles. The van der Waals surface area contributed by atoms with Crippen molar-refractivity contribution in [2.75, 3.05) is 7.05 Å². The third kappa shape index (κ3) is 2.52. The van der Waals surface area contributed by atoms with Crippen LogP contribution in [0.3, 0.4) is 0 Å². The lowest BCUT2D eigenvalue weighted by Crippen LogP contribution is -2.23. The normalized spacial score (nSPS) is 15.4. The highest BCUT2D eigenvalue weighted by Gasteiger charge is 2.20. The van der Waals surface area contributed by atoms with Crippen LogP contribution in [0.15, 0.2) is 16.7 Å². The molecule has 0 amide bonds. The average molecular weight is 216 g/mol. The fourth-order valence-corrected chi connectivity index (χ4v) is 2.13. The first-order chi connectivity index (χ1) is 6.70. The lowest BCUT2D eigenvalue weighted by atomic mass is 9.93. The SMILES string of the molecule is CCCC(C)C(NC)c1ccoc1Cl. The third-order valence-corrected chi connectivity index (χ3v) is 2.91. The van der Waals surface area contributed by atoms with E-state index in [0.29, 0.717) is 17.2 Å². The largest absolute Gasteiger partial charge is 0.453 e. The summed E-state index contributed by atoms with van der Waals surface area (Å²) in [6.07, 6.45) is 4.02. The zero-order valence-electron chi connectivity index (χ0n) is 9.01. The number of hydrogen-bond acceptors (Lipinski definition) is 2. The summed E-state index contributed by atoms with van der Waals surface area (Å²) < 4.78 is 5.10. The highest BCUT2D eigenvalue weighted by molar-refractivity contribution is 6.29. The summed E-state index contributed by atoms with van der Waals surface area (Å²) in [6.45, 7) is 4.42. The van der Waals surface area contributed by atoms with E-state index in [4.69, 9.17) is 16.0 Å². The zero-order chi connectivity index (χ0) is 10.6. The van der Waals surface area contributed by atoms with Crippen LogP contribution in [0, 0.1) is 5.92 Å². The Balaban J connectivity index is 2.76. The van der Waals surface area contributed by atoms with Crippen molar-refractivity contribution in [2.45, 2.75) is 32.7 Å². The lowest BCUT2D eigenvalue weighted by molar-refractivity contribution is 0.381. The topological polar surface area (TPSA) is 25.2 Å². The van der Waals surface area contributed by atoms with E-state index in [1.807, 2.05) is 13.1 Å². The Labute approximate surface area is 90.6 Å². The first kappa shape index (κ1) is 11.6. The minimum atomic E-state index is 0.293. The minimum absolute atomic E-state index is 0.293. The zero-order valence-corrected chi connectivity index (χ0v) is 9.77. The van der Waals surface area contributed by atoms with Crippen LogP contribution in [0.4, 0.5) is 0 Å². The maximum Gasteiger partial charge on any atom is 0.197 e. The molecule has 0 aliphatic carbocycles. The Bertz CT molecular complexity index is 272. The Kier molecular flexibility index (Phi) is 4.49. The molecule has 1 N–H and O–H groups in total. The summed E-state index contributed by atoms with van der Waals surface area (Å²) in [7, 11) is 1.96. The van der Waals surface area contributed by atoms with Crippen LogP contribution in [0.2, 0.25) is 5.22 Å². The molecule has 1 aromatic heterocycles. The molecule has 0 saturated heterocycles. The van der Waals surface area contributed by atoms with Crippen LogP contribution >= 0.6 is 11.6 Å². The van der Waals surface area contributed by atoms with Crippen LogP contribution in [0.1, 0.15) is 38.3 Å².